The van der Waals surface area contributed by atoms with Crippen LogP contribution in [0.15, 0.2) is 27.8 Å². The zero-order chi connectivity index (χ0) is 20.6. The Morgan fingerprint density at radius 3 is 2.68 bits per heavy atom. The highest BCUT2D eigenvalue weighted by Crippen LogP contribution is 2.35. The maximum Gasteiger partial charge on any atom is 0.307 e. The number of alkyl halides is 2. The number of hydrogen-bond donors (Lipinski definition) is 1. The molecule has 148 valence electrons. The first kappa shape index (κ1) is 20.3. The summed E-state index contributed by atoms with van der Waals surface area (Å²) in [6, 6.07) is 4.15. The summed E-state index contributed by atoms with van der Waals surface area (Å²) in [4.78, 5) is 24.3. The maximum absolute atomic E-state index is 14.9. The molecule has 28 heavy (non-hydrogen) atoms. The summed E-state index contributed by atoms with van der Waals surface area (Å²) in [7, 11) is 1.28. The molecule has 0 aliphatic heterocycles. The summed E-state index contributed by atoms with van der Waals surface area (Å²) in [5, 5.41) is 10.6. The number of nitrogens with zero attached hydrogens (tertiary/aromatic N) is 1. The van der Waals surface area contributed by atoms with Crippen LogP contribution < -0.4 is 4.74 Å². The third-order valence-corrected chi connectivity index (χ3v) is 6.01. The fraction of sp³-hybridized carbons (Fsp3) is 0.222. The van der Waals surface area contributed by atoms with Crippen LogP contribution in [0, 0.1) is 12.7 Å². The lowest BCUT2D eigenvalue weighted by Gasteiger charge is -2.07. The minimum absolute atomic E-state index is 0.00925. The monoisotopic (exact) mass is 429 g/mol. The van der Waals surface area contributed by atoms with Crippen LogP contribution in [0.4, 0.5) is 13.2 Å². The molecule has 1 N–H and O–H groups in total. The Hall–Kier alpha value is -2.46. The predicted molar refractivity (Wildman–Crippen MR) is 100 cm³/mol. The molecular formula is C18H14F3NO4S2. The first-order valence-electron chi connectivity index (χ1n) is 7.90. The smallest absolute Gasteiger partial charge is 0.307 e. The van der Waals surface area contributed by atoms with Gasteiger partial charge in [-0.1, -0.05) is 0 Å². The topological polar surface area (TPSA) is 68.5 Å². The summed E-state index contributed by atoms with van der Waals surface area (Å²) in [6.07, 6.45) is -0.483. The molecule has 0 saturated carbocycles. The van der Waals surface area contributed by atoms with Gasteiger partial charge in [0, 0.05) is 16.5 Å². The number of thioether (sulfide) groups is 1. The zero-order valence-corrected chi connectivity index (χ0v) is 16.3. The number of fused-ring (bicyclic) bond motifs is 1. The highest BCUT2D eigenvalue weighted by Gasteiger charge is 2.25. The van der Waals surface area contributed by atoms with Crippen molar-refractivity contribution in [1.29, 1.82) is 0 Å². The number of carbonyl (C=O) groups excluding carboxylic acids is 1. The third-order valence-electron chi connectivity index (χ3n) is 4.18. The van der Waals surface area contributed by atoms with Crippen molar-refractivity contribution in [1.82, 2.24) is 4.57 Å². The molecule has 0 fully saturated rings. The Bertz CT molecular complexity index is 1070. The second kappa shape index (κ2) is 7.88. The van der Waals surface area contributed by atoms with E-state index in [1.54, 1.807) is 0 Å². The van der Waals surface area contributed by atoms with E-state index in [9.17, 15) is 27.9 Å². The first-order valence-corrected chi connectivity index (χ1v) is 9.66. The summed E-state index contributed by atoms with van der Waals surface area (Å²) >= 11 is 1.33. The zero-order valence-electron chi connectivity index (χ0n) is 14.7. The molecule has 0 aliphatic carbocycles. The Kier molecular flexibility index (Phi) is 5.71. The van der Waals surface area contributed by atoms with Crippen LogP contribution >= 0.6 is 23.1 Å². The molecule has 1 aromatic carbocycles. The predicted octanol–water partition coefficient (Wildman–Crippen LogP) is 4.79. The molecule has 0 amide bonds. The minimum atomic E-state index is -2.61. The van der Waals surface area contributed by atoms with E-state index in [0.29, 0.717) is 11.8 Å². The number of carboxylic acids is 1. The van der Waals surface area contributed by atoms with Gasteiger partial charge in [-0.3, -0.25) is 14.2 Å². The maximum atomic E-state index is 14.9. The van der Waals surface area contributed by atoms with E-state index < -0.39 is 29.9 Å². The van der Waals surface area contributed by atoms with Gasteiger partial charge in [-0.2, -0.15) is 8.78 Å². The third kappa shape index (κ3) is 3.61. The fourth-order valence-electron chi connectivity index (χ4n) is 3.01. The van der Waals surface area contributed by atoms with Crippen molar-refractivity contribution >= 4 is 45.9 Å². The largest absolute Gasteiger partial charge is 0.494 e. The molecular weight excluding hydrogens is 415 g/mol. The van der Waals surface area contributed by atoms with Crippen molar-refractivity contribution in [3.05, 3.63) is 46.2 Å². The Morgan fingerprint density at radius 1 is 1.36 bits per heavy atom. The lowest BCUT2D eigenvalue weighted by molar-refractivity contribution is -0.136. The van der Waals surface area contributed by atoms with Gasteiger partial charge in [0.05, 0.1) is 28.8 Å². The number of aromatic nitrogens is 1. The molecule has 3 aromatic rings. The molecule has 2 heterocycles. The lowest BCUT2D eigenvalue weighted by Crippen LogP contribution is -2.13. The van der Waals surface area contributed by atoms with Crippen LogP contribution in [0.2, 0.25) is 0 Å². The number of methoxy groups -OCH3 is 1. The number of halogens is 3. The second-order valence-electron chi connectivity index (χ2n) is 5.78. The van der Waals surface area contributed by atoms with Gasteiger partial charge < -0.3 is 9.84 Å². The normalized spacial score (nSPS) is 11.4. The molecule has 0 atom stereocenters. The molecule has 0 spiro atoms. The van der Waals surface area contributed by atoms with Crippen LogP contribution in [0.3, 0.4) is 0 Å². The van der Waals surface area contributed by atoms with Crippen LogP contribution in [0.25, 0.3) is 10.9 Å². The second-order valence-corrected chi connectivity index (χ2v) is 7.99. The van der Waals surface area contributed by atoms with Gasteiger partial charge in [0.25, 0.3) is 11.7 Å². The standard InChI is InChI=1S/C18H14F3NO4S2/c1-8-10(6-13(23)24)15-11(3-4-12(26-2)16(15)19)22(8)17(25)9-5-14(27-7-9)28-18(20)21/h3-5,7,18H,6H2,1-2H3,(H,23,24). The van der Waals surface area contributed by atoms with Crippen molar-refractivity contribution in [3.8, 4) is 5.75 Å². The first-order chi connectivity index (χ1) is 13.2. The number of aliphatic carboxylic acids is 1. The molecule has 0 radical (unpaired) electrons. The van der Waals surface area contributed by atoms with Crippen molar-refractivity contribution in [2.24, 2.45) is 0 Å². The van der Waals surface area contributed by atoms with Gasteiger partial charge in [0.1, 0.15) is 0 Å². The summed E-state index contributed by atoms with van der Waals surface area (Å²) in [6.45, 7) is 1.52. The molecule has 3 rings (SSSR count). The van der Waals surface area contributed by atoms with E-state index in [0.717, 1.165) is 11.3 Å². The van der Waals surface area contributed by atoms with Crippen LogP contribution in [-0.2, 0) is 11.2 Å². The highest BCUT2D eigenvalue weighted by molar-refractivity contribution is 8.01. The molecule has 0 unspecified atom stereocenters. The van der Waals surface area contributed by atoms with E-state index in [1.165, 1.54) is 42.2 Å². The molecule has 10 heteroatoms. The number of rotatable bonds is 6. The molecule has 0 bridgehead atoms. The van der Waals surface area contributed by atoms with Gasteiger partial charge in [0.15, 0.2) is 11.6 Å². The van der Waals surface area contributed by atoms with E-state index in [4.69, 9.17) is 4.74 Å². The average Bonchev–Trinajstić information content (AvgIpc) is 3.18. The highest BCUT2D eigenvalue weighted by atomic mass is 32.2. The SMILES string of the molecule is COc1ccc2c(c1F)c(CC(=O)O)c(C)n2C(=O)c1csc(SC(F)F)c1. The van der Waals surface area contributed by atoms with Crippen molar-refractivity contribution in [2.45, 2.75) is 23.3 Å². The Balaban J connectivity index is 2.19. The number of ether oxygens (including phenoxy) is 1. The van der Waals surface area contributed by atoms with Crippen molar-refractivity contribution in [3.63, 3.8) is 0 Å². The van der Waals surface area contributed by atoms with Gasteiger partial charge in [-0.25, -0.2) is 4.39 Å². The van der Waals surface area contributed by atoms with Crippen LogP contribution in [-0.4, -0.2) is 34.4 Å². The quantitative estimate of drug-likeness (QED) is 0.571. The molecule has 0 saturated heterocycles. The van der Waals surface area contributed by atoms with E-state index in [-0.39, 0.29) is 37.7 Å². The number of carboxylic acid groups (broad SMARTS) is 1. The number of thiophene rings is 1. The minimum Gasteiger partial charge on any atom is -0.494 e. The number of carbonyl (C=O) groups is 2. The molecule has 0 aliphatic rings. The number of hydrogen-bond acceptors (Lipinski definition) is 5. The lowest BCUT2D eigenvalue weighted by atomic mass is 10.1. The summed E-state index contributed by atoms with van der Waals surface area (Å²) in [5.41, 5.74) is 0.769. The van der Waals surface area contributed by atoms with Crippen LogP contribution in [0.1, 0.15) is 21.6 Å². The van der Waals surface area contributed by atoms with Crippen LogP contribution in [0.5, 0.6) is 5.75 Å². The van der Waals surface area contributed by atoms with E-state index in [1.807, 2.05) is 0 Å². The van der Waals surface area contributed by atoms with Gasteiger partial charge >= 0.3 is 5.97 Å². The number of benzene rings is 1. The Morgan fingerprint density at radius 2 is 2.07 bits per heavy atom. The summed E-state index contributed by atoms with van der Waals surface area (Å²) < 4.78 is 46.4. The van der Waals surface area contributed by atoms with E-state index in [2.05, 4.69) is 0 Å². The van der Waals surface area contributed by atoms with Crippen molar-refractivity contribution < 1.29 is 32.6 Å². The Labute approximate surface area is 165 Å². The fourth-order valence-corrected chi connectivity index (χ4v) is 4.57. The van der Waals surface area contributed by atoms with Gasteiger partial charge in [0.2, 0.25) is 0 Å². The average molecular weight is 429 g/mol. The van der Waals surface area contributed by atoms with Gasteiger partial charge in [-0.15, -0.1) is 11.3 Å². The van der Waals surface area contributed by atoms with Gasteiger partial charge in [-0.05, 0) is 42.4 Å². The molecule has 5 nitrogen and oxygen atoms in total. The summed E-state index contributed by atoms with van der Waals surface area (Å²) in [5.74, 6) is -5.18. The molecule has 2 aromatic heterocycles. The van der Waals surface area contributed by atoms with E-state index >= 15 is 0 Å². The van der Waals surface area contributed by atoms with Crippen molar-refractivity contribution in [2.75, 3.05) is 7.11 Å².